The summed E-state index contributed by atoms with van der Waals surface area (Å²) in [5.41, 5.74) is 0. The summed E-state index contributed by atoms with van der Waals surface area (Å²) in [6.07, 6.45) is 0. The van der Waals surface area contributed by atoms with Gasteiger partial charge in [0.2, 0.25) is 0 Å². The van der Waals surface area contributed by atoms with E-state index in [1.165, 1.54) is 0 Å². The van der Waals surface area contributed by atoms with Gasteiger partial charge in [0.25, 0.3) is 6.47 Å². The van der Waals surface area contributed by atoms with Crippen LogP contribution in [0.25, 0.3) is 0 Å². The van der Waals surface area contributed by atoms with E-state index in [2.05, 4.69) is 4.89 Å². The molecule has 4 heavy (non-hydrogen) atoms. The second-order valence-electron chi connectivity index (χ2n) is 0.192. The summed E-state index contributed by atoms with van der Waals surface area (Å²) in [4.78, 5) is 11.2. The number of carbonyl (C=O) groups is 1. The second kappa shape index (κ2) is 2.43. The fourth-order valence-electron chi connectivity index (χ4n) is 0. The minimum Gasteiger partial charge on any atom is -0.662 e. The quantitative estimate of drug-likeness (QED) is 0.160. The molecule has 0 aliphatic heterocycles. The van der Waals surface area contributed by atoms with Crippen LogP contribution in [0, 0.1) is 0 Å². The molecule has 0 amide bonds. The van der Waals surface area contributed by atoms with Gasteiger partial charge in [-0.2, -0.15) is 0 Å². The highest BCUT2D eigenvalue weighted by Crippen LogP contribution is 1.22. The summed E-state index contributed by atoms with van der Waals surface area (Å²) in [5.74, 6) is 0. The fourth-order valence-corrected chi connectivity index (χ4v) is 0. The molecule has 0 rings (SSSR count). The molecule has 0 saturated heterocycles. The molecule has 0 aromatic rings. The highest BCUT2D eigenvalue weighted by molar-refractivity contribution is 5.35. The molecule has 0 bridgehead atoms. The van der Waals surface area contributed by atoms with Gasteiger partial charge in [-0.25, -0.2) is 0 Å². The van der Waals surface area contributed by atoms with Gasteiger partial charge in [-0.1, -0.05) is 0 Å². The van der Waals surface area contributed by atoms with Gasteiger partial charge < -0.3 is 10.1 Å². The van der Waals surface area contributed by atoms with Crippen molar-refractivity contribution >= 4 is 6.47 Å². The highest BCUT2D eigenvalue weighted by atomic mass is 18.4. The Hall–Kier alpha value is -0.570. The smallest absolute Gasteiger partial charge is 0.287 e. The Labute approximate surface area is 22.7 Å². The van der Waals surface area contributed by atoms with Gasteiger partial charge >= 0.3 is 0 Å². The highest BCUT2D eigenvalue weighted by Gasteiger charge is 1.34. The van der Waals surface area contributed by atoms with E-state index in [1.54, 1.807) is 0 Å². The Morgan fingerprint density at radius 2 is 2.25 bits per heavy atom. The lowest BCUT2D eigenvalue weighted by atomic mass is 11.7. The lowest BCUT2D eigenvalue weighted by molar-refractivity contribution is -0.652. The van der Waals surface area contributed by atoms with E-state index in [0.29, 0.717) is 0 Å². The minimum absolute atomic E-state index is 0.181. The third-order valence-corrected chi connectivity index (χ3v) is 0.0393. The molecule has 0 aliphatic carbocycles. The number of hydrogen-bond donors (Lipinski definition) is 0. The number of rotatable bonds is 1. The lowest BCUT2D eigenvalue weighted by Crippen LogP contribution is -2.00. The maximum atomic E-state index is 8.64. The van der Waals surface area contributed by atoms with E-state index < -0.39 is 0 Å². The summed E-state index contributed by atoms with van der Waals surface area (Å²) in [7, 11) is 0. The molecule has 0 spiro atoms. The van der Waals surface area contributed by atoms with Crippen LogP contribution in [0.2, 0.25) is 0 Å². The topological polar surface area (TPSA) is 49.4 Å². The molecule has 0 aromatic heterocycles. The Kier molecular flexibility index (Phi) is 2.08. The molecule has 0 atom stereocenters. The van der Waals surface area contributed by atoms with Crippen LogP contribution in [0.15, 0.2) is 0 Å². The van der Waals surface area contributed by atoms with Crippen LogP contribution >= 0.6 is 0 Å². The van der Waals surface area contributed by atoms with Crippen LogP contribution in [-0.2, 0) is 9.68 Å². The molecule has 0 aromatic carbocycles. The zero-order valence-electron chi connectivity index (χ0n) is 1.80. The van der Waals surface area contributed by atoms with Crippen LogP contribution in [0.5, 0.6) is 0 Å². The third-order valence-electron chi connectivity index (χ3n) is 0.0393. The maximum Gasteiger partial charge on any atom is 0.287 e. The van der Waals surface area contributed by atoms with Crippen molar-refractivity contribution in [3.63, 3.8) is 0 Å². The fraction of sp³-hybridized carbons (Fsp3) is 0. The first-order valence-electron chi connectivity index (χ1n) is 0.638. The Bertz CT molecular complexity index is 17.2. The zero-order valence-corrected chi connectivity index (χ0v) is 1.80. The largest absolute Gasteiger partial charge is 0.662 e. The van der Waals surface area contributed by atoms with Gasteiger partial charge in [0.05, 0.1) is 0 Å². The van der Waals surface area contributed by atoms with E-state index in [0.717, 1.165) is 0 Å². The molecule has 0 fully saturated rings. The SMILES string of the molecule is O=CO[18O-]. The van der Waals surface area contributed by atoms with Crippen molar-refractivity contribution in [1.29, 1.82) is 0 Å². The maximum absolute atomic E-state index is 8.64. The van der Waals surface area contributed by atoms with E-state index in [9.17, 15) is 0 Å². The van der Waals surface area contributed by atoms with Crippen molar-refractivity contribution in [3.05, 3.63) is 0 Å². The molecule has 3 nitrogen and oxygen atoms in total. The van der Waals surface area contributed by atoms with E-state index in [1.807, 2.05) is 0 Å². The van der Waals surface area contributed by atoms with Crippen LogP contribution in [0.3, 0.4) is 0 Å². The predicted molar refractivity (Wildman–Crippen MR) is 7.15 cm³/mol. The third kappa shape index (κ3) is 1.43. The summed E-state index contributed by atoms with van der Waals surface area (Å²) in [5, 5.41) is 8.43. The monoisotopic (exact) mass is 63.0 g/mol. The van der Waals surface area contributed by atoms with Crippen molar-refractivity contribution in [3.8, 4) is 0 Å². The molecule has 3 heteroatoms. The van der Waals surface area contributed by atoms with Gasteiger partial charge in [-0.15, -0.1) is 0 Å². The predicted octanol–water partition coefficient (Wildman–Crippen LogP) is -1.57. The molecule has 0 radical (unpaired) electrons. The average molecular weight is 63.0 g/mol. The van der Waals surface area contributed by atoms with Crippen LogP contribution in [0.4, 0.5) is 0 Å². The van der Waals surface area contributed by atoms with Crippen molar-refractivity contribution in [2.24, 2.45) is 0 Å². The summed E-state index contributed by atoms with van der Waals surface area (Å²) in [6.45, 7) is -0.181. The van der Waals surface area contributed by atoms with Crippen LogP contribution < -0.4 is 5.26 Å². The van der Waals surface area contributed by atoms with Crippen molar-refractivity contribution in [2.75, 3.05) is 0 Å². The summed E-state index contributed by atoms with van der Waals surface area (Å²) in [6, 6.07) is 0. The van der Waals surface area contributed by atoms with Crippen molar-refractivity contribution in [2.45, 2.75) is 0 Å². The zero-order chi connectivity index (χ0) is 3.41. The molecule has 0 heterocycles. The van der Waals surface area contributed by atoms with E-state index >= 15 is 0 Å². The van der Waals surface area contributed by atoms with Gasteiger partial charge in [-0.3, -0.25) is 4.79 Å². The van der Waals surface area contributed by atoms with Gasteiger partial charge in [0.1, 0.15) is 0 Å². The van der Waals surface area contributed by atoms with Crippen molar-refractivity contribution < 1.29 is 14.9 Å². The number of carbonyl (C=O) groups excluding carboxylic acids is 1. The number of hydrogen-bond acceptors (Lipinski definition) is 3. The van der Waals surface area contributed by atoms with Gasteiger partial charge in [0, 0.05) is 0 Å². The summed E-state index contributed by atoms with van der Waals surface area (Å²) < 4.78 is 0. The molecule has 24 valence electrons. The molecule has 0 aliphatic rings. The molecule has 0 saturated carbocycles. The van der Waals surface area contributed by atoms with Gasteiger partial charge in [-0.05, 0) is 0 Å². The first kappa shape index (κ1) is 3.43. The second-order valence-corrected chi connectivity index (χ2v) is 0.192. The average Bonchev–Trinajstić information content (AvgIpc) is 1.37. The Morgan fingerprint density at radius 3 is 2.25 bits per heavy atom. The molecule has 0 unspecified atom stereocenters. The van der Waals surface area contributed by atoms with Crippen molar-refractivity contribution in [1.82, 2.24) is 0 Å². The summed E-state index contributed by atoms with van der Waals surface area (Å²) >= 11 is 0. The molecule has 0 N–H and O–H groups in total. The normalized spacial score (nSPS) is 5.25. The molecular weight excluding hydrogens is 62.0 g/mol. The van der Waals surface area contributed by atoms with E-state index in [4.69, 9.17) is 10.1 Å². The first-order valence-corrected chi connectivity index (χ1v) is 0.638. The van der Waals surface area contributed by atoms with Crippen LogP contribution in [-0.4, -0.2) is 6.47 Å². The Morgan fingerprint density at radius 1 is 2.00 bits per heavy atom. The first-order chi connectivity index (χ1) is 1.91. The minimum atomic E-state index is -0.181. The van der Waals surface area contributed by atoms with E-state index in [-0.39, 0.29) is 6.47 Å². The van der Waals surface area contributed by atoms with Gasteiger partial charge in [0.15, 0.2) is 0 Å². The Balaban J connectivity index is 2.30. The van der Waals surface area contributed by atoms with Crippen LogP contribution in [0.1, 0.15) is 0 Å². The lowest BCUT2D eigenvalue weighted by Gasteiger charge is -1.88. The molecular formula is CHO3-. The standard InChI is InChI=1S/CH2O3/c2-1-4-3/h1,3H/p-1/i3+2.